The molecule has 1 heterocycles. The second-order valence-corrected chi connectivity index (χ2v) is 7.70. The van der Waals surface area contributed by atoms with E-state index in [0.29, 0.717) is 17.9 Å². The van der Waals surface area contributed by atoms with E-state index < -0.39 is 5.79 Å². The van der Waals surface area contributed by atoms with Gasteiger partial charge in [-0.15, -0.1) is 0 Å². The average molecular weight is 282 g/mol. The van der Waals surface area contributed by atoms with Crippen LogP contribution in [0, 0.1) is 17.3 Å². The maximum Gasteiger partial charge on any atom is 0.302 e. The fraction of sp³-hybridized carbons (Fsp3) is 0.938. The highest BCUT2D eigenvalue weighted by molar-refractivity contribution is 5.65. The molecule has 0 aromatic rings. The van der Waals surface area contributed by atoms with Gasteiger partial charge in [-0.25, -0.2) is 0 Å². The zero-order valence-corrected chi connectivity index (χ0v) is 13.2. The fourth-order valence-electron chi connectivity index (χ4n) is 4.78. The van der Waals surface area contributed by atoms with Crippen LogP contribution in [-0.2, 0) is 19.0 Å². The smallest absolute Gasteiger partial charge is 0.302 e. The minimum atomic E-state index is -0.533. The van der Waals surface area contributed by atoms with Gasteiger partial charge < -0.3 is 14.2 Å². The van der Waals surface area contributed by atoms with Crippen LogP contribution in [0.4, 0.5) is 0 Å². The maximum atomic E-state index is 11.0. The Hall–Kier alpha value is -0.610. The molecular weight excluding hydrogens is 256 g/mol. The lowest BCUT2D eigenvalue weighted by Gasteiger charge is -2.64. The maximum absolute atomic E-state index is 11.0. The Morgan fingerprint density at radius 2 is 1.95 bits per heavy atom. The van der Waals surface area contributed by atoms with E-state index in [0.717, 1.165) is 18.8 Å². The Kier molecular flexibility index (Phi) is 3.01. The largest absolute Gasteiger partial charge is 0.466 e. The highest BCUT2D eigenvalue weighted by atomic mass is 16.8. The number of hydrogen-bond donors (Lipinski definition) is 0. The molecule has 0 aromatic carbocycles. The van der Waals surface area contributed by atoms with Crippen molar-refractivity contribution in [1.29, 1.82) is 0 Å². The number of rotatable bonds is 3. The molecule has 20 heavy (non-hydrogen) atoms. The Morgan fingerprint density at radius 3 is 2.55 bits per heavy atom. The molecule has 1 saturated heterocycles. The van der Waals surface area contributed by atoms with Gasteiger partial charge in [0.15, 0.2) is 5.79 Å². The molecule has 0 N–H and O–H groups in total. The molecule has 0 aromatic heterocycles. The molecular formula is C16H26O4. The third-order valence-corrected chi connectivity index (χ3v) is 5.76. The van der Waals surface area contributed by atoms with Crippen molar-refractivity contribution in [2.45, 2.75) is 71.4 Å². The van der Waals surface area contributed by atoms with Crippen LogP contribution in [0.15, 0.2) is 0 Å². The summed E-state index contributed by atoms with van der Waals surface area (Å²) < 4.78 is 17.7. The molecule has 4 atom stereocenters. The van der Waals surface area contributed by atoms with Crippen LogP contribution in [0.3, 0.4) is 0 Å². The summed E-state index contributed by atoms with van der Waals surface area (Å²) in [5.41, 5.74) is 0.0215. The Morgan fingerprint density at radius 1 is 1.25 bits per heavy atom. The van der Waals surface area contributed by atoms with Gasteiger partial charge in [-0.2, -0.15) is 0 Å². The molecule has 0 spiro atoms. The van der Waals surface area contributed by atoms with Gasteiger partial charge in [0.25, 0.3) is 0 Å². The number of carbonyl (C=O) groups is 1. The third-order valence-electron chi connectivity index (χ3n) is 5.76. The number of esters is 1. The molecule has 1 aliphatic heterocycles. The van der Waals surface area contributed by atoms with Gasteiger partial charge in [-0.3, -0.25) is 4.79 Å². The van der Waals surface area contributed by atoms with Crippen molar-refractivity contribution in [3.8, 4) is 0 Å². The number of ether oxygens (including phenoxy) is 3. The first-order valence-electron chi connectivity index (χ1n) is 7.69. The summed E-state index contributed by atoms with van der Waals surface area (Å²) in [6, 6.07) is 0. The minimum absolute atomic E-state index is 0.143. The van der Waals surface area contributed by atoms with Crippen LogP contribution < -0.4 is 0 Å². The minimum Gasteiger partial charge on any atom is -0.466 e. The van der Waals surface area contributed by atoms with E-state index in [1.807, 2.05) is 13.8 Å². The van der Waals surface area contributed by atoms with Crippen LogP contribution in [0.1, 0.15) is 53.9 Å². The lowest BCUT2D eigenvalue weighted by Crippen LogP contribution is -2.67. The van der Waals surface area contributed by atoms with Gasteiger partial charge in [0.05, 0.1) is 12.7 Å². The van der Waals surface area contributed by atoms with E-state index in [-0.39, 0.29) is 17.7 Å². The lowest BCUT2D eigenvalue weighted by molar-refractivity contribution is -0.234. The number of carbonyl (C=O) groups excluding carboxylic acids is 1. The van der Waals surface area contributed by atoms with Crippen molar-refractivity contribution >= 4 is 5.97 Å². The molecule has 3 saturated carbocycles. The molecule has 4 rings (SSSR count). The summed E-state index contributed by atoms with van der Waals surface area (Å²) in [5.74, 6) is 0.472. The van der Waals surface area contributed by atoms with Crippen molar-refractivity contribution in [3.63, 3.8) is 0 Å². The van der Waals surface area contributed by atoms with E-state index in [9.17, 15) is 4.79 Å². The van der Waals surface area contributed by atoms with Gasteiger partial charge in [-0.1, -0.05) is 13.8 Å². The summed E-state index contributed by atoms with van der Waals surface area (Å²) in [6.07, 6.45) is 3.15. The van der Waals surface area contributed by atoms with Crippen molar-refractivity contribution in [2.75, 3.05) is 6.61 Å². The highest BCUT2D eigenvalue weighted by Gasteiger charge is 2.70. The normalized spacial score (nSPS) is 43.5. The zero-order valence-electron chi connectivity index (χ0n) is 13.2. The third kappa shape index (κ3) is 1.92. The van der Waals surface area contributed by atoms with Crippen molar-refractivity contribution in [3.05, 3.63) is 0 Å². The van der Waals surface area contributed by atoms with E-state index in [1.165, 1.54) is 13.3 Å². The average Bonchev–Trinajstić information content (AvgIpc) is 2.57. The molecule has 4 heteroatoms. The lowest BCUT2D eigenvalue weighted by atomic mass is 9.43. The molecule has 0 amide bonds. The Balaban J connectivity index is 1.83. The van der Waals surface area contributed by atoms with E-state index in [2.05, 4.69) is 13.8 Å². The molecule has 3 aliphatic carbocycles. The quantitative estimate of drug-likeness (QED) is 0.747. The van der Waals surface area contributed by atoms with Crippen molar-refractivity contribution < 1.29 is 19.0 Å². The molecule has 3 unspecified atom stereocenters. The van der Waals surface area contributed by atoms with E-state index in [1.54, 1.807) is 0 Å². The second kappa shape index (κ2) is 4.20. The Labute approximate surface area is 121 Å². The summed E-state index contributed by atoms with van der Waals surface area (Å²) in [7, 11) is 0. The molecule has 4 fully saturated rings. The van der Waals surface area contributed by atoms with Gasteiger partial charge >= 0.3 is 5.97 Å². The summed E-state index contributed by atoms with van der Waals surface area (Å²) in [5, 5.41) is 0. The standard InChI is InChI=1S/C16H26O4/c1-10(17)18-7-6-16-12-8-11(14(12,2)3)9-13(16)19-15(4,5)20-16/h11-13H,6-9H2,1-5H3/t11?,12?,13?,16-/m1/s1. The summed E-state index contributed by atoms with van der Waals surface area (Å²) in [6.45, 7) is 10.5. The van der Waals surface area contributed by atoms with Crippen LogP contribution in [0.5, 0.6) is 0 Å². The van der Waals surface area contributed by atoms with Gasteiger partial charge in [0.1, 0.15) is 5.60 Å². The number of hydrogen-bond acceptors (Lipinski definition) is 4. The topological polar surface area (TPSA) is 44.8 Å². The first kappa shape index (κ1) is 14.3. The van der Waals surface area contributed by atoms with Crippen molar-refractivity contribution in [2.24, 2.45) is 17.3 Å². The van der Waals surface area contributed by atoms with Gasteiger partial charge in [0, 0.05) is 13.3 Å². The first-order chi connectivity index (χ1) is 9.17. The first-order valence-corrected chi connectivity index (χ1v) is 7.69. The SMILES string of the molecule is CC(=O)OCC[C@]12OC(C)(C)OC1CC1CC2C1(C)C. The van der Waals surface area contributed by atoms with Crippen molar-refractivity contribution in [1.82, 2.24) is 0 Å². The predicted octanol–water partition coefficient (Wildman–Crippen LogP) is 2.90. The van der Waals surface area contributed by atoms with Crippen LogP contribution in [0.25, 0.3) is 0 Å². The second-order valence-electron chi connectivity index (χ2n) is 7.70. The Bertz CT molecular complexity index is 428. The fourth-order valence-corrected chi connectivity index (χ4v) is 4.78. The van der Waals surface area contributed by atoms with E-state index in [4.69, 9.17) is 14.2 Å². The molecule has 0 radical (unpaired) electrons. The predicted molar refractivity (Wildman–Crippen MR) is 74.0 cm³/mol. The summed E-state index contributed by atoms with van der Waals surface area (Å²) >= 11 is 0. The van der Waals surface area contributed by atoms with E-state index >= 15 is 0 Å². The highest BCUT2D eigenvalue weighted by Crippen LogP contribution is 2.67. The zero-order chi connectivity index (χ0) is 14.8. The van der Waals surface area contributed by atoms with Gasteiger partial charge in [0.2, 0.25) is 0 Å². The monoisotopic (exact) mass is 282 g/mol. The molecule has 4 aliphatic rings. The van der Waals surface area contributed by atoms with Crippen LogP contribution in [0.2, 0.25) is 0 Å². The molecule has 2 bridgehead atoms. The van der Waals surface area contributed by atoms with Gasteiger partial charge in [-0.05, 0) is 43.9 Å². The molecule has 114 valence electrons. The molecule has 4 nitrogen and oxygen atoms in total. The van der Waals surface area contributed by atoms with Crippen LogP contribution in [-0.4, -0.2) is 30.1 Å². The summed E-state index contributed by atoms with van der Waals surface area (Å²) in [4.78, 5) is 11.0. The van der Waals surface area contributed by atoms with Crippen LogP contribution >= 0.6 is 0 Å².